The van der Waals surface area contributed by atoms with Gasteiger partial charge in [0.15, 0.2) is 0 Å². The van der Waals surface area contributed by atoms with Crippen LogP contribution < -0.4 is 5.32 Å². The number of carbonyl (C=O) groups is 1. The minimum absolute atomic E-state index is 0.0132. The highest BCUT2D eigenvalue weighted by atomic mass is 35.5. The number of anilines is 1. The van der Waals surface area contributed by atoms with Crippen LogP contribution in [0.5, 0.6) is 0 Å². The van der Waals surface area contributed by atoms with Crippen molar-refractivity contribution >= 4 is 44.6 Å². The summed E-state index contributed by atoms with van der Waals surface area (Å²) in [6, 6.07) is 5.88. The second-order valence-corrected chi connectivity index (χ2v) is 4.49. The van der Waals surface area contributed by atoms with Crippen LogP contribution in [-0.4, -0.2) is 11.8 Å². The SMILES string of the molecule is Cc1csc2ccc(NC(=O)CCl)cc12. The Morgan fingerprint density at radius 3 is 3.07 bits per heavy atom. The molecule has 0 saturated heterocycles. The summed E-state index contributed by atoms with van der Waals surface area (Å²) in [5, 5.41) is 6.03. The molecule has 78 valence electrons. The predicted octanol–water partition coefficient (Wildman–Crippen LogP) is 3.39. The first-order valence-corrected chi connectivity index (χ1v) is 5.96. The molecule has 0 aliphatic carbocycles. The van der Waals surface area contributed by atoms with Crippen LogP contribution in [0.3, 0.4) is 0 Å². The lowest BCUT2D eigenvalue weighted by atomic mass is 10.2. The summed E-state index contributed by atoms with van der Waals surface area (Å²) in [4.78, 5) is 11.1. The Kier molecular flexibility index (Phi) is 2.93. The molecule has 2 rings (SSSR count). The van der Waals surface area contributed by atoms with E-state index in [4.69, 9.17) is 11.6 Å². The van der Waals surface area contributed by atoms with E-state index in [1.54, 1.807) is 11.3 Å². The number of hydrogen-bond donors (Lipinski definition) is 1. The molecule has 0 fully saturated rings. The van der Waals surface area contributed by atoms with Crippen molar-refractivity contribution in [2.24, 2.45) is 0 Å². The predicted molar refractivity (Wildman–Crippen MR) is 65.9 cm³/mol. The fourth-order valence-corrected chi connectivity index (χ4v) is 2.42. The van der Waals surface area contributed by atoms with E-state index in [1.165, 1.54) is 15.6 Å². The molecule has 0 saturated carbocycles. The van der Waals surface area contributed by atoms with E-state index in [2.05, 4.69) is 17.6 Å². The Labute approximate surface area is 96.9 Å². The first-order valence-electron chi connectivity index (χ1n) is 4.54. The number of thiophene rings is 1. The molecule has 1 amide bonds. The smallest absolute Gasteiger partial charge is 0.239 e. The largest absolute Gasteiger partial charge is 0.325 e. The van der Waals surface area contributed by atoms with Crippen molar-refractivity contribution in [1.29, 1.82) is 0 Å². The zero-order valence-electron chi connectivity index (χ0n) is 8.21. The number of aryl methyl sites for hydroxylation is 1. The zero-order valence-corrected chi connectivity index (χ0v) is 9.78. The van der Waals surface area contributed by atoms with Gasteiger partial charge in [-0.2, -0.15) is 0 Å². The van der Waals surface area contributed by atoms with Gasteiger partial charge < -0.3 is 5.32 Å². The third-order valence-corrected chi connectivity index (χ3v) is 3.50. The molecule has 2 nitrogen and oxygen atoms in total. The molecular formula is C11H10ClNOS. The molecule has 0 radical (unpaired) electrons. The summed E-state index contributed by atoms with van der Waals surface area (Å²) < 4.78 is 1.23. The van der Waals surface area contributed by atoms with Crippen molar-refractivity contribution in [3.63, 3.8) is 0 Å². The Morgan fingerprint density at radius 2 is 2.33 bits per heavy atom. The highest BCUT2D eigenvalue weighted by molar-refractivity contribution is 7.17. The molecule has 1 aromatic heterocycles. The zero-order chi connectivity index (χ0) is 10.8. The second kappa shape index (κ2) is 4.21. The van der Waals surface area contributed by atoms with E-state index in [9.17, 15) is 4.79 Å². The molecule has 0 bridgehead atoms. The number of hydrogen-bond acceptors (Lipinski definition) is 2. The number of alkyl halides is 1. The number of nitrogens with one attached hydrogen (secondary N) is 1. The van der Waals surface area contributed by atoms with Gasteiger partial charge in [0.1, 0.15) is 5.88 Å². The number of amides is 1. The third kappa shape index (κ3) is 2.13. The quantitative estimate of drug-likeness (QED) is 0.800. The fourth-order valence-electron chi connectivity index (χ4n) is 1.43. The lowest BCUT2D eigenvalue weighted by Crippen LogP contribution is -2.12. The van der Waals surface area contributed by atoms with Crippen LogP contribution in [0.2, 0.25) is 0 Å². The number of halogens is 1. The lowest BCUT2D eigenvalue weighted by molar-refractivity contribution is -0.113. The molecule has 2 aromatic rings. The number of benzene rings is 1. The fraction of sp³-hybridized carbons (Fsp3) is 0.182. The summed E-state index contributed by atoms with van der Waals surface area (Å²) in [5.41, 5.74) is 2.03. The van der Waals surface area contributed by atoms with E-state index >= 15 is 0 Å². The third-order valence-electron chi connectivity index (χ3n) is 2.17. The van der Waals surface area contributed by atoms with Crippen molar-refractivity contribution in [1.82, 2.24) is 0 Å². The van der Waals surface area contributed by atoms with Crippen LogP contribution in [0.15, 0.2) is 23.6 Å². The maximum absolute atomic E-state index is 11.1. The Balaban J connectivity index is 2.37. The summed E-state index contributed by atoms with van der Waals surface area (Å²) in [6.07, 6.45) is 0. The molecule has 1 aromatic carbocycles. The van der Waals surface area contributed by atoms with Gasteiger partial charge in [0.2, 0.25) is 5.91 Å². The molecule has 15 heavy (non-hydrogen) atoms. The Bertz CT molecular complexity index is 506. The van der Waals surface area contributed by atoms with E-state index in [0.29, 0.717) is 0 Å². The number of carbonyl (C=O) groups excluding carboxylic acids is 1. The standard InChI is InChI=1S/C11H10ClNOS/c1-7-6-15-10-3-2-8(4-9(7)10)13-11(14)5-12/h2-4,6H,5H2,1H3,(H,13,14). The van der Waals surface area contributed by atoms with Crippen LogP contribution in [0.1, 0.15) is 5.56 Å². The summed E-state index contributed by atoms with van der Waals surface area (Å²) in [7, 11) is 0. The maximum atomic E-state index is 11.1. The Hall–Kier alpha value is -1.06. The van der Waals surface area contributed by atoms with Crippen LogP contribution in [0.25, 0.3) is 10.1 Å². The van der Waals surface area contributed by atoms with Gasteiger partial charge in [-0.3, -0.25) is 4.79 Å². The highest BCUT2D eigenvalue weighted by Gasteiger charge is 2.03. The molecular weight excluding hydrogens is 230 g/mol. The van der Waals surface area contributed by atoms with Crippen LogP contribution in [-0.2, 0) is 4.79 Å². The van der Waals surface area contributed by atoms with Gasteiger partial charge in [0.05, 0.1) is 0 Å². The van der Waals surface area contributed by atoms with Crippen molar-refractivity contribution in [2.75, 3.05) is 11.2 Å². The maximum Gasteiger partial charge on any atom is 0.239 e. The van der Waals surface area contributed by atoms with Crippen LogP contribution in [0.4, 0.5) is 5.69 Å². The van der Waals surface area contributed by atoms with Gasteiger partial charge >= 0.3 is 0 Å². The first-order chi connectivity index (χ1) is 7.20. The average molecular weight is 240 g/mol. The number of fused-ring (bicyclic) bond motifs is 1. The van der Waals surface area contributed by atoms with Crippen LogP contribution in [0, 0.1) is 6.92 Å². The molecule has 1 N–H and O–H groups in total. The lowest BCUT2D eigenvalue weighted by Gasteiger charge is -2.02. The van der Waals surface area contributed by atoms with E-state index in [-0.39, 0.29) is 11.8 Å². The number of rotatable bonds is 2. The molecule has 0 atom stereocenters. The van der Waals surface area contributed by atoms with Gasteiger partial charge in [0.25, 0.3) is 0 Å². The average Bonchev–Trinajstić information content (AvgIpc) is 2.60. The van der Waals surface area contributed by atoms with Crippen molar-refractivity contribution in [3.8, 4) is 0 Å². The van der Waals surface area contributed by atoms with Crippen molar-refractivity contribution in [2.45, 2.75) is 6.92 Å². The molecule has 0 unspecified atom stereocenters. The van der Waals surface area contributed by atoms with Gasteiger partial charge in [-0.05, 0) is 41.5 Å². The molecule has 1 heterocycles. The van der Waals surface area contributed by atoms with Gasteiger partial charge in [-0.25, -0.2) is 0 Å². The normalized spacial score (nSPS) is 10.5. The van der Waals surface area contributed by atoms with Crippen molar-refractivity contribution < 1.29 is 4.79 Å². The van der Waals surface area contributed by atoms with Gasteiger partial charge in [0, 0.05) is 10.4 Å². The van der Waals surface area contributed by atoms with Gasteiger partial charge in [-0.1, -0.05) is 0 Å². The van der Waals surface area contributed by atoms with E-state index in [1.807, 2.05) is 18.2 Å². The highest BCUT2D eigenvalue weighted by Crippen LogP contribution is 2.27. The molecule has 0 spiro atoms. The molecule has 0 aliphatic heterocycles. The summed E-state index contributed by atoms with van der Waals surface area (Å²) in [6.45, 7) is 2.06. The first kappa shape index (κ1) is 10.5. The van der Waals surface area contributed by atoms with Gasteiger partial charge in [-0.15, -0.1) is 22.9 Å². The summed E-state index contributed by atoms with van der Waals surface area (Å²) in [5.74, 6) is -0.190. The molecule has 4 heteroatoms. The summed E-state index contributed by atoms with van der Waals surface area (Å²) >= 11 is 7.13. The minimum atomic E-state index is -0.177. The van der Waals surface area contributed by atoms with E-state index in [0.717, 1.165) is 5.69 Å². The van der Waals surface area contributed by atoms with Crippen molar-refractivity contribution in [3.05, 3.63) is 29.1 Å². The minimum Gasteiger partial charge on any atom is -0.325 e. The topological polar surface area (TPSA) is 29.1 Å². The van der Waals surface area contributed by atoms with Crippen LogP contribution >= 0.6 is 22.9 Å². The Morgan fingerprint density at radius 1 is 1.53 bits per heavy atom. The second-order valence-electron chi connectivity index (χ2n) is 3.31. The molecule has 0 aliphatic rings. The van der Waals surface area contributed by atoms with E-state index < -0.39 is 0 Å². The monoisotopic (exact) mass is 239 g/mol.